The van der Waals surface area contributed by atoms with E-state index in [0.29, 0.717) is 18.7 Å². The van der Waals surface area contributed by atoms with Crippen LogP contribution in [0.4, 0.5) is 0 Å². The van der Waals surface area contributed by atoms with Crippen LogP contribution >= 0.6 is 0 Å². The number of pyridine rings is 1. The van der Waals surface area contributed by atoms with Crippen LogP contribution in [0.3, 0.4) is 0 Å². The van der Waals surface area contributed by atoms with Gasteiger partial charge in [0.25, 0.3) is 5.91 Å². The summed E-state index contributed by atoms with van der Waals surface area (Å²) in [6.07, 6.45) is 7.56. The minimum Gasteiger partial charge on any atom is -0.334 e. The Balaban J connectivity index is 1.57. The van der Waals surface area contributed by atoms with Crippen molar-refractivity contribution in [3.05, 3.63) is 108 Å². The van der Waals surface area contributed by atoms with E-state index in [1.54, 1.807) is 29.6 Å². The molecule has 0 saturated carbocycles. The second kappa shape index (κ2) is 8.93. The lowest BCUT2D eigenvalue weighted by molar-refractivity contribution is 0.0745. The number of nitrogens with zero attached hydrogens (tertiary/aromatic N) is 5. The summed E-state index contributed by atoms with van der Waals surface area (Å²) >= 11 is 0. The molecule has 2 heterocycles. The molecule has 0 radical (unpaired) electrons. The Kier molecular flexibility index (Phi) is 5.71. The molecule has 144 valence electrons. The molecule has 0 atom stereocenters. The Morgan fingerprint density at radius 3 is 2.45 bits per heavy atom. The van der Waals surface area contributed by atoms with Crippen LogP contribution in [-0.4, -0.2) is 37.1 Å². The molecule has 0 aliphatic rings. The first kappa shape index (κ1) is 18.6. The molecule has 0 unspecified atom stereocenters. The average Bonchev–Trinajstić information content (AvgIpc) is 3.33. The zero-order chi connectivity index (χ0) is 19.9. The topological polar surface area (TPSA) is 63.9 Å². The molecule has 1 amide bonds. The molecule has 4 rings (SSSR count). The lowest BCUT2D eigenvalue weighted by Gasteiger charge is -2.23. The number of benzene rings is 2. The Morgan fingerprint density at radius 1 is 0.897 bits per heavy atom. The van der Waals surface area contributed by atoms with E-state index in [4.69, 9.17) is 0 Å². The van der Waals surface area contributed by atoms with Crippen molar-refractivity contribution < 1.29 is 4.79 Å². The first-order chi connectivity index (χ1) is 14.3. The van der Waals surface area contributed by atoms with E-state index >= 15 is 0 Å². The number of carbonyl (C=O) groups excluding carboxylic acids is 1. The Labute approximate surface area is 169 Å². The number of hydrogen-bond acceptors (Lipinski definition) is 4. The zero-order valence-electron chi connectivity index (χ0n) is 15.9. The van der Waals surface area contributed by atoms with E-state index < -0.39 is 0 Å². The number of aromatic nitrogens is 4. The molecule has 0 aliphatic heterocycles. The fraction of sp³-hybridized carbons (Fsp3) is 0.130. The van der Waals surface area contributed by atoms with Gasteiger partial charge in [0.2, 0.25) is 0 Å². The largest absolute Gasteiger partial charge is 0.334 e. The molecular weight excluding hydrogens is 362 g/mol. The smallest absolute Gasteiger partial charge is 0.254 e. The van der Waals surface area contributed by atoms with Gasteiger partial charge in [0, 0.05) is 36.7 Å². The van der Waals surface area contributed by atoms with Crippen LogP contribution in [0.15, 0.2) is 91.8 Å². The molecule has 2 aromatic heterocycles. The molecule has 6 heteroatoms. The maximum Gasteiger partial charge on any atom is 0.254 e. The van der Waals surface area contributed by atoms with Gasteiger partial charge >= 0.3 is 0 Å². The fourth-order valence-electron chi connectivity index (χ4n) is 3.19. The molecular formula is C23H21N5O. The van der Waals surface area contributed by atoms with Gasteiger partial charge in [0.1, 0.15) is 12.7 Å². The number of amides is 1. The average molecular weight is 383 g/mol. The monoisotopic (exact) mass is 383 g/mol. The summed E-state index contributed by atoms with van der Waals surface area (Å²) in [4.78, 5) is 19.4. The molecule has 29 heavy (non-hydrogen) atoms. The highest BCUT2D eigenvalue weighted by molar-refractivity contribution is 5.94. The fourth-order valence-corrected chi connectivity index (χ4v) is 3.19. The van der Waals surface area contributed by atoms with Crippen LogP contribution in [0.2, 0.25) is 0 Å². The quantitative estimate of drug-likeness (QED) is 0.490. The Hall–Kier alpha value is -3.80. The van der Waals surface area contributed by atoms with E-state index in [9.17, 15) is 4.79 Å². The summed E-state index contributed by atoms with van der Waals surface area (Å²) in [6, 6.07) is 21.6. The van der Waals surface area contributed by atoms with Crippen molar-refractivity contribution in [1.29, 1.82) is 0 Å². The van der Waals surface area contributed by atoms with Crippen molar-refractivity contribution in [2.45, 2.75) is 13.0 Å². The second-order valence-corrected chi connectivity index (χ2v) is 6.74. The van der Waals surface area contributed by atoms with E-state index in [1.165, 1.54) is 5.56 Å². The van der Waals surface area contributed by atoms with Crippen LogP contribution < -0.4 is 0 Å². The summed E-state index contributed by atoms with van der Waals surface area (Å²) in [6.45, 7) is 1.13. The van der Waals surface area contributed by atoms with Crippen LogP contribution in [-0.2, 0) is 13.0 Å². The minimum absolute atomic E-state index is 0.0142. The van der Waals surface area contributed by atoms with Crippen molar-refractivity contribution >= 4 is 5.91 Å². The zero-order valence-corrected chi connectivity index (χ0v) is 15.9. The second-order valence-electron chi connectivity index (χ2n) is 6.74. The van der Waals surface area contributed by atoms with Gasteiger partial charge in [0.05, 0.1) is 0 Å². The van der Waals surface area contributed by atoms with Gasteiger partial charge in [-0.2, -0.15) is 0 Å². The third kappa shape index (κ3) is 4.73. The van der Waals surface area contributed by atoms with Gasteiger partial charge in [-0.1, -0.05) is 42.5 Å². The van der Waals surface area contributed by atoms with Crippen molar-refractivity contribution in [2.24, 2.45) is 0 Å². The van der Waals surface area contributed by atoms with Crippen LogP contribution in [0, 0.1) is 0 Å². The minimum atomic E-state index is -0.0142. The standard InChI is InChI=1S/C23H21N5O/c29-23(21-9-4-10-22(14-21)28-17-25-26-18-28)27(16-20-8-5-12-24-15-20)13-11-19-6-2-1-3-7-19/h1-10,12,14-15,17-18H,11,13,16H2. The molecule has 0 aliphatic carbocycles. The van der Waals surface area contributed by atoms with Gasteiger partial charge in [-0.3, -0.25) is 14.3 Å². The van der Waals surface area contributed by atoms with Crippen LogP contribution in [0.5, 0.6) is 0 Å². The predicted molar refractivity (Wildman–Crippen MR) is 110 cm³/mol. The van der Waals surface area contributed by atoms with Gasteiger partial charge in [-0.15, -0.1) is 10.2 Å². The summed E-state index contributed by atoms with van der Waals surface area (Å²) in [5, 5.41) is 7.68. The van der Waals surface area contributed by atoms with Crippen LogP contribution in [0.1, 0.15) is 21.5 Å². The highest BCUT2D eigenvalue weighted by Gasteiger charge is 2.17. The summed E-state index contributed by atoms with van der Waals surface area (Å²) in [7, 11) is 0. The summed E-state index contributed by atoms with van der Waals surface area (Å²) in [5.41, 5.74) is 3.69. The maximum atomic E-state index is 13.4. The molecule has 0 spiro atoms. The number of hydrogen-bond donors (Lipinski definition) is 0. The summed E-state index contributed by atoms with van der Waals surface area (Å²) in [5.74, 6) is -0.0142. The van der Waals surface area contributed by atoms with E-state index in [0.717, 1.165) is 17.7 Å². The van der Waals surface area contributed by atoms with Crippen molar-refractivity contribution in [3.63, 3.8) is 0 Å². The van der Waals surface area contributed by atoms with E-state index in [2.05, 4.69) is 27.3 Å². The molecule has 0 saturated heterocycles. The molecule has 0 bridgehead atoms. The van der Waals surface area contributed by atoms with Crippen LogP contribution in [0.25, 0.3) is 5.69 Å². The first-order valence-corrected chi connectivity index (χ1v) is 9.47. The van der Waals surface area contributed by atoms with E-state index in [-0.39, 0.29) is 5.91 Å². The van der Waals surface area contributed by atoms with Gasteiger partial charge in [0.15, 0.2) is 0 Å². The molecule has 4 aromatic rings. The number of rotatable bonds is 7. The van der Waals surface area contributed by atoms with Crippen molar-refractivity contribution in [2.75, 3.05) is 6.54 Å². The molecule has 0 fully saturated rings. The Morgan fingerprint density at radius 2 is 1.69 bits per heavy atom. The lowest BCUT2D eigenvalue weighted by Crippen LogP contribution is -2.32. The maximum absolute atomic E-state index is 13.4. The van der Waals surface area contributed by atoms with Crippen molar-refractivity contribution in [3.8, 4) is 5.69 Å². The van der Waals surface area contributed by atoms with E-state index in [1.807, 2.05) is 59.5 Å². The molecule has 6 nitrogen and oxygen atoms in total. The lowest BCUT2D eigenvalue weighted by atomic mass is 10.1. The molecule has 2 aromatic carbocycles. The number of carbonyl (C=O) groups is 1. The first-order valence-electron chi connectivity index (χ1n) is 9.47. The van der Waals surface area contributed by atoms with Gasteiger partial charge < -0.3 is 4.90 Å². The SMILES string of the molecule is O=C(c1cccc(-n2cnnc2)c1)N(CCc1ccccc1)Cc1cccnc1. The Bertz CT molecular complexity index is 1050. The normalized spacial score (nSPS) is 10.6. The molecule has 0 N–H and O–H groups in total. The van der Waals surface area contributed by atoms with Crippen molar-refractivity contribution in [1.82, 2.24) is 24.6 Å². The highest BCUT2D eigenvalue weighted by Crippen LogP contribution is 2.15. The third-order valence-electron chi connectivity index (χ3n) is 4.71. The predicted octanol–water partition coefficient (Wildman–Crippen LogP) is 3.55. The third-order valence-corrected chi connectivity index (χ3v) is 4.71. The van der Waals surface area contributed by atoms with Gasteiger partial charge in [-0.25, -0.2) is 0 Å². The summed E-state index contributed by atoms with van der Waals surface area (Å²) < 4.78 is 1.78. The highest BCUT2D eigenvalue weighted by atomic mass is 16.2. The van der Waals surface area contributed by atoms with Gasteiger partial charge in [-0.05, 0) is 41.8 Å².